The van der Waals surface area contributed by atoms with Gasteiger partial charge < -0.3 is 9.84 Å². The molecule has 138 valence electrons. The van der Waals surface area contributed by atoms with Gasteiger partial charge in [0.15, 0.2) is 11.5 Å². The zero-order valence-electron chi connectivity index (χ0n) is 14.2. The van der Waals surface area contributed by atoms with Crippen molar-refractivity contribution in [2.75, 3.05) is 7.11 Å². The minimum Gasteiger partial charge on any atom is -0.504 e. The summed E-state index contributed by atoms with van der Waals surface area (Å²) in [6.45, 7) is -0.117. The predicted molar refractivity (Wildman–Crippen MR) is 93.1 cm³/mol. The van der Waals surface area contributed by atoms with E-state index in [0.717, 1.165) is 4.90 Å². The van der Waals surface area contributed by atoms with Crippen molar-refractivity contribution < 1.29 is 28.6 Å². The zero-order chi connectivity index (χ0) is 19.6. The lowest BCUT2D eigenvalue weighted by Gasteiger charge is -2.26. The van der Waals surface area contributed by atoms with Gasteiger partial charge in [-0.25, -0.2) is 9.18 Å². The van der Waals surface area contributed by atoms with E-state index >= 15 is 0 Å². The molecule has 1 fully saturated rings. The number of benzene rings is 2. The van der Waals surface area contributed by atoms with E-state index in [1.54, 1.807) is 0 Å². The number of nitrogens with one attached hydrogen (secondary N) is 1. The first kappa shape index (κ1) is 18.1. The number of methoxy groups -OCH3 is 1. The Labute approximate surface area is 153 Å². The average Bonchev–Trinajstić information content (AvgIpc) is 2.65. The topological polar surface area (TPSA) is 95.9 Å². The summed E-state index contributed by atoms with van der Waals surface area (Å²) in [5.41, 5.74) is 0.712. The lowest BCUT2D eigenvalue weighted by atomic mass is 10.1. The number of aromatic hydroxyl groups is 1. The van der Waals surface area contributed by atoms with E-state index < -0.39 is 23.7 Å². The van der Waals surface area contributed by atoms with Gasteiger partial charge >= 0.3 is 6.03 Å². The number of phenolic OH excluding ortho intramolecular Hbond substituents is 1. The van der Waals surface area contributed by atoms with Crippen LogP contribution in [-0.4, -0.2) is 35.0 Å². The first-order chi connectivity index (χ1) is 12.9. The first-order valence-electron chi connectivity index (χ1n) is 7.89. The maximum Gasteiger partial charge on any atom is 0.331 e. The standard InChI is InChI=1S/C19H15FN2O5/c1-27-16-9-12(4-7-15(16)23)8-14-17(24)21-19(26)22(18(14)25)10-11-2-5-13(20)6-3-11/h2-9,23H,10H2,1H3,(H,21,24,26). The zero-order valence-corrected chi connectivity index (χ0v) is 14.2. The van der Waals surface area contributed by atoms with Gasteiger partial charge in [0, 0.05) is 0 Å². The number of rotatable bonds is 4. The molecular formula is C19H15FN2O5. The van der Waals surface area contributed by atoms with Crippen LogP contribution in [0.4, 0.5) is 9.18 Å². The molecule has 2 aromatic carbocycles. The number of phenols is 1. The van der Waals surface area contributed by atoms with E-state index in [-0.39, 0.29) is 23.6 Å². The highest BCUT2D eigenvalue weighted by molar-refractivity contribution is 6.30. The minimum atomic E-state index is -0.852. The van der Waals surface area contributed by atoms with Gasteiger partial charge in [-0.1, -0.05) is 18.2 Å². The second-order valence-corrected chi connectivity index (χ2v) is 5.77. The van der Waals surface area contributed by atoms with Crippen LogP contribution in [0.5, 0.6) is 11.5 Å². The van der Waals surface area contributed by atoms with E-state index in [9.17, 15) is 23.9 Å². The van der Waals surface area contributed by atoms with E-state index in [2.05, 4.69) is 5.32 Å². The molecule has 1 aliphatic rings. The molecule has 1 saturated heterocycles. The molecule has 1 aliphatic heterocycles. The van der Waals surface area contributed by atoms with Gasteiger partial charge in [0.1, 0.15) is 11.4 Å². The van der Waals surface area contributed by atoms with Crippen molar-refractivity contribution in [3.05, 3.63) is 65.0 Å². The van der Waals surface area contributed by atoms with Crippen LogP contribution in [0.25, 0.3) is 6.08 Å². The first-order valence-corrected chi connectivity index (χ1v) is 7.89. The fraction of sp³-hybridized carbons (Fsp3) is 0.105. The number of halogens is 1. The summed E-state index contributed by atoms with van der Waals surface area (Å²) >= 11 is 0. The summed E-state index contributed by atoms with van der Waals surface area (Å²) in [6.07, 6.45) is 1.30. The van der Waals surface area contributed by atoms with Gasteiger partial charge in [0.2, 0.25) is 0 Å². The summed E-state index contributed by atoms with van der Waals surface area (Å²) in [6, 6.07) is 8.77. The number of hydrogen-bond donors (Lipinski definition) is 2. The van der Waals surface area contributed by atoms with Crippen molar-refractivity contribution in [1.29, 1.82) is 0 Å². The fourth-order valence-electron chi connectivity index (χ4n) is 2.56. The maximum absolute atomic E-state index is 13.0. The number of urea groups is 1. The molecule has 0 unspecified atom stereocenters. The third kappa shape index (κ3) is 3.79. The number of imide groups is 2. The molecule has 1 heterocycles. The van der Waals surface area contributed by atoms with E-state index in [4.69, 9.17) is 4.74 Å². The molecule has 2 aromatic rings. The highest BCUT2D eigenvalue weighted by atomic mass is 19.1. The van der Waals surface area contributed by atoms with Crippen LogP contribution >= 0.6 is 0 Å². The predicted octanol–water partition coefficient (Wildman–Crippen LogP) is 2.20. The van der Waals surface area contributed by atoms with E-state index in [1.807, 2.05) is 0 Å². The monoisotopic (exact) mass is 370 g/mol. The number of carbonyl (C=O) groups is 3. The molecule has 0 aromatic heterocycles. The Morgan fingerprint density at radius 3 is 2.52 bits per heavy atom. The van der Waals surface area contributed by atoms with Crippen molar-refractivity contribution in [3.8, 4) is 11.5 Å². The van der Waals surface area contributed by atoms with Gasteiger partial charge in [-0.15, -0.1) is 0 Å². The van der Waals surface area contributed by atoms with Crippen molar-refractivity contribution in [2.45, 2.75) is 6.54 Å². The van der Waals surface area contributed by atoms with Crippen LogP contribution < -0.4 is 10.1 Å². The Balaban J connectivity index is 1.91. The Morgan fingerprint density at radius 1 is 1.15 bits per heavy atom. The normalized spacial score (nSPS) is 15.9. The molecule has 27 heavy (non-hydrogen) atoms. The quantitative estimate of drug-likeness (QED) is 0.635. The Hall–Kier alpha value is -3.68. The summed E-state index contributed by atoms with van der Waals surface area (Å²) < 4.78 is 18.0. The lowest BCUT2D eigenvalue weighted by molar-refractivity contribution is -0.130. The number of nitrogens with zero attached hydrogens (tertiary/aromatic N) is 1. The van der Waals surface area contributed by atoms with Crippen molar-refractivity contribution in [2.24, 2.45) is 0 Å². The fourth-order valence-corrected chi connectivity index (χ4v) is 2.56. The molecule has 0 aliphatic carbocycles. The molecule has 7 nitrogen and oxygen atoms in total. The van der Waals surface area contributed by atoms with E-state index in [1.165, 1.54) is 55.7 Å². The number of amides is 4. The molecule has 0 saturated carbocycles. The minimum absolute atomic E-state index is 0.0906. The lowest BCUT2D eigenvalue weighted by Crippen LogP contribution is -2.53. The smallest absolute Gasteiger partial charge is 0.331 e. The molecular weight excluding hydrogens is 355 g/mol. The highest BCUT2D eigenvalue weighted by Gasteiger charge is 2.35. The van der Waals surface area contributed by atoms with Gasteiger partial charge in [-0.05, 0) is 41.5 Å². The van der Waals surface area contributed by atoms with Gasteiger partial charge in [0.05, 0.1) is 13.7 Å². The van der Waals surface area contributed by atoms with Gasteiger partial charge in [-0.3, -0.25) is 19.8 Å². The largest absolute Gasteiger partial charge is 0.504 e. The molecule has 2 N–H and O–H groups in total. The van der Waals surface area contributed by atoms with Crippen LogP contribution in [0.2, 0.25) is 0 Å². The van der Waals surface area contributed by atoms with Crippen molar-refractivity contribution in [1.82, 2.24) is 10.2 Å². The van der Waals surface area contributed by atoms with Crippen LogP contribution in [0.1, 0.15) is 11.1 Å². The number of carbonyl (C=O) groups excluding carboxylic acids is 3. The summed E-state index contributed by atoms with van der Waals surface area (Å²) in [4.78, 5) is 37.7. The molecule has 8 heteroatoms. The highest BCUT2D eigenvalue weighted by Crippen LogP contribution is 2.28. The molecule has 0 bridgehead atoms. The number of ether oxygens (including phenoxy) is 1. The second-order valence-electron chi connectivity index (χ2n) is 5.77. The second kappa shape index (κ2) is 7.28. The molecule has 0 atom stereocenters. The van der Waals surface area contributed by atoms with Gasteiger partial charge in [-0.2, -0.15) is 0 Å². The number of barbiturate groups is 1. The van der Waals surface area contributed by atoms with Crippen LogP contribution in [0, 0.1) is 5.82 Å². The Kier molecular flexibility index (Phi) is 4.89. The van der Waals surface area contributed by atoms with Crippen molar-refractivity contribution in [3.63, 3.8) is 0 Å². The Bertz CT molecular complexity index is 953. The van der Waals surface area contributed by atoms with Crippen LogP contribution in [-0.2, 0) is 16.1 Å². The van der Waals surface area contributed by atoms with Crippen LogP contribution in [0.3, 0.4) is 0 Å². The van der Waals surface area contributed by atoms with E-state index in [0.29, 0.717) is 11.1 Å². The third-order valence-electron chi connectivity index (χ3n) is 3.95. The summed E-state index contributed by atoms with van der Waals surface area (Å²) in [7, 11) is 1.37. The van der Waals surface area contributed by atoms with Crippen molar-refractivity contribution >= 4 is 23.9 Å². The maximum atomic E-state index is 13.0. The average molecular weight is 370 g/mol. The summed E-state index contributed by atoms with van der Waals surface area (Å²) in [5.74, 6) is -1.96. The summed E-state index contributed by atoms with van der Waals surface area (Å²) in [5, 5.41) is 11.7. The van der Waals surface area contributed by atoms with Crippen LogP contribution in [0.15, 0.2) is 48.0 Å². The molecule has 4 amide bonds. The molecule has 3 rings (SSSR count). The Morgan fingerprint density at radius 2 is 1.85 bits per heavy atom. The molecule has 0 spiro atoms. The third-order valence-corrected chi connectivity index (χ3v) is 3.95. The number of hydrogen-bond acceptors (Lipinski definition) is 5. The van der Waals surface area contributed by atoms with Gasteiger partial charge in [0.25, 0.3) is 11.8 Å². The molecule has 0 radical (unpaired) electrons. The SMILES string of the molecule is COc1cc(C=C2C(=O)NC(=O)N(Cc3ccc(F)cc3)C2=O)ccc1O.